The highest BCUT2D eigenvalue weighted by atomic mass is 19.4. The quantitative estimate of drug-likeness (QED) is 0.736. The van der Waals surface area contributed by atoms with Crippen molar-refractivity contribution in [3.63, 3.8) is 0 Å². The van der Waals surface area contributed by atoms with E-state index in [4.69, 9.17) is 5.11 Å². The Morgan fingerprint density at radius 1 is 1.22 bits per heavy atom. The molecule has 0 fully saturated rings. The number of nitrogens with one attached hydrogen (secondary N) is 1. The van der Waals surface area contributed by atoms with Crippen molar-refractivity contribution in [1.82, 2.24) is 5.32 Å². The van der Waals surface area contributed by atoms with Crippen LogP contribution in [0.25, 0.3) is 0 Å². The first-order valence-electron chi connectivity index (χ1n) is 5.60. The molecule has 0 spiro atoms. The van der Waals surface area contributed by atoms with Crippen LogP contribution in [0.1, 0.15) is 5.56 Å². The summed E-state index contributed by atoms with van der Waals surface area (Å²) in [5.41, 5.74) is 1.01. The Morgan fingerprint density at radius 2 is 1.89 bits per heavy atom. The number of hydrogen-bond acceptors (Lipinski definition) is 3. The van der Waals surface area contributed by atoms with Crippen LogP contribution in [0.4, 0.5) is 13.2 Å². The van der Waals surface area contributed by atoms with Gasteiger partial charge < -0.3 is 10.4 Å². The number of alkyl halides is 3. The maximum absolute atomic E-state index is 11.7. The van der Waals surface area contributed by atoms with Gasteiger partial charge >= 0.3 is 6.36 Å². The van der Waals surface area contributed by atoms with Crippen molar-refractivity contribution in [2.24, 2.45) is 0 Å². The number of rotatable bonds is 7. The summed E-state index contributed by atoms with van der Waals surface area (Å²) in [6, 6.07) is 9.15. The maximum Gasteiger partial charge on any atom is 0.522 e. The van der Waals surface area contributed by atoms with E-state index in [1.165, 1.54) is 0 Å². The van der Waals surface area contributed by atoms with Crippen LogP contribution in [-0.2, 0) is 11.2 Å². The molecule has 0 aliphatic rings. The van der Waals surface area contributed by atoms with E-state index in [9.17, 15) is 13.2 Å². The lowest BCUT2D eigenvalue weighted by molar-refractivity contribution is -0.323. The number of hydrogen-bond donors (Lipinski definition) is 2. The van der Waals surface area contributed by atoms with Crippen molar-refractivity contribution < 1.29 is 23.0 Å². The third kappa shape index (κ3) is 6.58. The van der Waals surface area contributed by atoms with E-state index in [0.717, 1.165) is 5.56 Å². The molecule has 1 unspecified atom stereocenters. The van der Waals surface area contributed by atoms with Gasteiger partial charge in [-0.2, -0.15) is 0 Å². The van der Waals surface area contributed by atoms with Crippen molar-refractivity contribution in [1.29, 1.82) is 0 Å². The van der Waals surface area contributed by atoms with Crippen molar-refractivity contribution in [2.75, 3.05) is 19.8 Å². The number of aliphatic hydroxyl groups is 1. The molecule has 2 N–H and O–H groups in total. The van der Waals surface area contributed by atoms with E-state index in [2.05, 4.69) is 10.1 Å². The van der Waals surface area contributed by atoms with Gasteiger partial charge in [-0.3, -0.25) is 4.74 Å². The molecule has 1 rings (SSSR count). The van der Waals surface area contributed by atoms with Gasteiger partial charge in [0.25, 0.3) is 0 Å². The zero-order valence-electron chi connectivity index (χ0n) is 9.78. The zero-order chi connectivity index (χ0) is 13.4. The monoisotopic (exact) mass is 263 g/mol. The minimum atomic E-state index is -4.60. The highest BCUT2D eigenvalue weighted by molar-refractivity contribution is 5.15. The van der Waals surface area contributed by atoms with Crippen molar-refractivity contribution in [2.45, 2.75) is 18.8 Å². The van der Waals surface area contributed by atoms with Gasteiger partial charge in [0, 0.05) is 12.6 Å². The molecule has 0 heterocycles. The maximum atomic E-state index is 11.7. The van der Waals surface area contributed by atoms with E-state index < -0.39 is 13.0 Å². The second kappa shape index (κ2) is 7.35. The normalized spacial score (nSPS) is 13.6. The van der Waals surface area contributed by atoms with Crippen molar-refractivity contribution in [3.05, 3.63) is 35.9 Å². The minimum Gasteiger partial charge on any atom is -0.395 e. The standard InChI is InChI=1S/C12H16F3NO2/c13-12(14,15)18-7-6-16-11(9-17)8-10-4-2-1-3-5-10/h1-5,11,16-17H,6-9H2. The fourth-order valence-electron chi connectivity index (χ4n) is 1.53. The van der Waals surface area contributed by atoms with E-state index in [0.29, 0.717) is 6.42 Å². The van der Waals surface area contributed by atoms with Crippen molar-refractivity contribution >= 4 is 0 Å². The van der Waals surface area contributed by atoms with Gasteiger partial charge in [0.2, 0.25) is 0 Å². The zero-order valence-corrected chi connectivity index (χ0v) is 9.78. The molecular weight excluding hydrogens is 247 g/mol. The average Bonchev–Trinajstić information content (AvgIpc) is 2.33. The summed E-state index contributed by atoms with van der Waals surface area (Å²) < 4.78 is 38.8. The third-order valence-corrected chi connectivity index (χ3v) is 2.35. The molecule has 0 saturated carbocycles. The van der Waals surface area contributed by atoms with Gasteiger partial charge in [-0.25, -0.2) is 0 Å². The van der Waals surface area contributed by atoms with Crippen LogP contribution in [0, 0.1) is 0 Å². The second-order valence-corrected chi connectivity index (χ2v) is 3.82. The van der Waals surface area contributed by atoms with Crippen LogP contribution in [0.5, 0.6) is 0 Å². The predicted molar refractivity (Wildman–Crippen MR) is 61.0 cm³/mol. The molecule has 18 heavy (non-hydrogen) atoms. The number of benzene rings is 1. The molecular formula is C12H16F3NO2. The number of aliphatic hydroxyl groups excluding tert-OH is 1. The van der Waals surface area contributed by atoms with Crippen LogP contribution < -0.4 is 5.32 Å². The molecule has 0 amide bonds. The van der Waals surface area contributed by atoms with Gasteiger partial charge in [0.05, 0.1) is 13.2 Å². The molecule has 102 valence electrons. The smallest absolute Gasteiger partial charge is 0.395 e. The van der Waals surface area contributed by atoms with Crippen molar-refractivity contribution in [3.8, 4) is 0 Å². The summed E-state index contributed by atoms with van der Waals surface area (Å²) in [7, 11) is 0. The third-order valence-electron chi connectivity index (χ3n) is 2.35. The SMILES string of the molecule is OCC(Cc1ccccc1)NCCOC(F)(F)F. The van der Waals surface area contributed by atoms with Gasteiger partial charge in [-0.15, -0.1) is 13.2 Å². The molecule has 6 heteroatoms. The van der Waals surface area contributed by atoms with Crippen LogP contribution >= 0.6 is 0 Å². The van der Waals surface area contributed by atoms with Gasteiger partial charge in [0.15, 0.2) is 0 Å². The predicted octanol–water partition coefficient (Wildman–Crippen LogP) is 1.72. The van der Waals surface area contributed by atoms with Crippen LogP contribution in [-0.4, -0.2) is 37.3 Å². The van der Waals surface area contributed by atoms with E-state index in [1.807, 2.05) is 30.3 Å². The van der Waals surface area contributed by atoms with E-state index >= 15 is 0 Å². The van der Waals surface area contributed by atoms with Gasteiger partial charge in [0.1, 0.15) is 0 Å². The largest absolute Gasteiger partial charge is 0.522 e. The molecule has 3 nitrogen and oxygen atoms in total. The summed E-state index contributed by atoms with van der Waals surface area (Å²) in [4.78, 5) is 0. The molecule has 1 aromatic rings. The Kier molecular flexibility index (Phi) is 6.11. The Hall–Kier alpha value is -1.11. The number of halogens is 3. The Labute approximate surface area is 104 Å². The fraction of sp³-hybridized carbons (Fsp3) is 0.500. The van der Waals surface area contributed by atoms with Gasteiger partial charge in [-0.1, -0.05) is 30.3 Å². The topological polar surface area (TPSA) is 41.5 Å². The summed E-state index contributed by atoms with van der Waals surface area (Å²) in [5, 5.41) is 11.9. The first-order chi connectivity index (χ1) is 8.51. The highest BCUT2D eigenvalue weighted by Gasteiger charge is 2.28. The lowest BCUT2D eigenvalue weighted by atomic mass is 10.1. The molecule has 0 bridgehead atoms. The lowest BCUT2D eigenvalue weighted by Crippen LogP contribution is -2.37. The van der Waals surface area contributed by atoms with Crippen LogP contribution in [0.15, 0.2) is 30.3 Å². The summed E-state index contributed by atoms with van der Waals surface area (Å²) >= 11 is 0. The fourth-order valence-corrected chi connectivity index (χ4v) is 1.53. The molecule has 0 aliphatic heterocycles. The van der Waals surface area contributed by atoms with E-state index in [-0.39, 0.29) is 19.2 Å². The minimum absolute atomic E-state index is 0.0393. The Bertz CT molecular complexity index is 330. The van der Waals surface area contributed by atoms with E-state index in [1.54, 1.807) is 0 Å². The highest BCUT2D eigenvalue weighted by Crippen LogP contribution is 2.15. The lowest BCUT2D eigenvalue weighted by Gasteiger charge is -2.16. The molecule has 0 radical (unpaired) electrons. The molecule has 1 aromatic carbocycles. The average molecular weight is 263 g/mol. The Balaban J connectivity index is 2.26. The molecule has 0 saturated heterocycles. The number of ether oxygens (including phenoxy) is 1. The van der Waals surface area contributed by atoms with Gasteiger partial charge in [-0.05, 0) is 12.0 Å². The first-order valence-corrected chi connectivity index (χ1v) is 5.60. The molecule has 0 aliphatic carbocycles. The molecule has 1 atom stereocenters. The summed E-state index contributed by atoms with van der Waals surface area (Å²) in [6.07, 6.45) is -4.04. The molecule has 0 aromatic heterocycles. The second-order valence-electron chi connectivity index (χ2n) is 3.82. The van der Waals surface area contributed by atoms with Crippen LogP contribution in [0.3, 0.4) is 0 Å². The summed E-state index contributed by atoms with van der Waals surface area (Å²) in [5.74, 6) is 0. The Morgan fingerprint density at radius 3 is 2.44 bits per heavy atom. The first kappa shape index (κ1) is 14.9. The summed E-state index contributed by atoms with van der Waals surface area (Å²) in [6.45, 7) is -0.562. The van der Waals surface area contributed by atoms with Crippen LogP contribution in [0.2, 0.25) is 0 Å².